The van der Waals surface area contributed by atoms with Crippen LogP contribution in [0.25, 0.3) is 22.3 Å². The largest absolute Gasteiger partial charge is 0.346 e. The van der Waals surface area contributed by atoms with Gasteiger partial charge in [0.2, 0.25) is 0 Å². The van der Waals surface area contributed by atoms with Crippen molar-refractivity contribution in [2.24, 2.45) is 5.92 Å². The van der Waals surface area contributed by atoms with E-state index in [1.165, 1.54) is 68.9 Å². The third-order valence-corrected chi connectivity index (χ3v) is 5.69. The third-order valence-electron chi connectivity index (χ3n) is 5.69. The molecule has 1 saturated carbocycles. The van der Waals surface area contributed by atoms with Crippen molar-refractivity contribution in [3.63, 3.8) is 0 Å². The first kappa shape index (κ1) is 15.7. The Hall–Kier alpha value is -1.83. The summed E-state index contributed by atoms with van der Waals surface area (Å²) in [7, 11) is 0. The van der Waals surface area contributed by atoms with Gasteiger partial charge in [-0.2, -0.15) is 0 Å². The number of aromatic nitrogens is 2. The summed E-state index contributed by atoms with van der Waals surface area (Å²) in [6, 6.07) is 12.8. The Kier molecular flexibility index (Phi) is 4.82. The monoisotopic (exact) mass is 320 g/mol. The molecule has 3 aliphatic rings. The first-order valence-electron chi connectivity index (χ1n) is 9.75. The third kappa shape index (κ3) is 3.33. The van der Waals surface area contributed by atoms with Crippen molar-refractivity contribution < 1.29 is 0 Å². The molecule has 2 heteroatoms. The number of benzene rings is 1. The molecule has 0 N–H and O–H groups in total. The Morgan fingerprint density at radius 2 is 1.79 bits per heavy atom. The molecular formula is C22H28N2. The van der Waals surface area contributed by atoms with E-state index in [9.17, 15) is 0 Å². The van der Waals surface area contributed by atoms with Crippen LogP contribution < -0.4 is 0 Å². The highest BCUT2D eigenvalue weighted by Crippen LogP contribution is 2.31. The van der Waals surface area contributed by atoms with Crippen LogP contribution >= 0.6 is 0 Å². The summed E-state index contributed by atoms with van der Waals surface area (Å²) >= 11 is 0. The molecule has 2 nitrogen and oxygen atoms in total. The molecule has 2 aliphatic heterocycles. The lowest BCUT2D eigenvalue weighted by molar-refractivity contribution is 0.327. The summed E-state index contributed by atoms with van der Waals surface area (Å²) < 4.78 is 2.41. The van der Waals surface area contributed by atoms with E-state index in [0.717, 1.165) is 23.7 Å². The van der Waals surface area contributed by atoms with Crippen LogP contribution in [0.5, 0.6) is 0 Å². The zero-order valence-electron chi connectivity index (χ0n) is 14.6. The molecule has 126 valence electrons. The SMILES string of the molecule is c1ccc2c3n(CCCCCC4CCCCC4)cccc-3nc2c1. The van der Waals surface area contributed by atoms with Crippen LogP contribution in [0.15, 0.2) is 42.6 Å². The summed E-state index contributed by atoms with van der Waals surface area (Å²) in [5, 5.41) is 1.29. The summed E-state index contributed by atoms with van der Waals surface area (Å²) in [5.74, 6) is 1.03. The summed E-state index contributed by atoms with van der Waals surface area (Å²) in [5.41, 5.74) is 3.55. The van der Waals surface area contributed by atoms with Crippen molar-refractivity contribution in [1.29, 1.82) is 0 Å². The van der Waals surface area contributed by atoms with E-state index in [-0.39, 0.29) is 0 Å². The average Bonchev–Trinajstić information content (AvgIpc) is 3.02. The molecule has 1 aromatic rings. The number of para-hydroxylation sites is 1. The zero-order chi connectivity index (χ0) is 16.2. The molecule has 0 bridgehead atoms. The lowest BCUT2D eigenvalue weighted by Gasteiger charge is -2.21. The van der Waals surface area contributed by atoms with Gasteiger partial charge in [0.15, 0.2) is 0 Å². The van der Waals surface area contributed by atoms with Crippen LogP contribution in [-0.2, 0) is 6.54 Å². The van der Waals surface area contributed by atoms with Gasteiger partial charge in [-0.1, -0.05) is 69.6 Å². The van der Waals surface area contributed by atoms with E-state index in [2.05, 4.69) is 47.2 Å². The molecule has 0 atom stereocenters. The number of fused-ring (bicyclic) bond motifs is 3. The molecule has 1 fully saturated rings. The topological polar surface area (TPSA) is 17.8 Å². The van der Waals surface area contributed by atoms with Gasteiger partial charge < -0.3 is 4.57 Å². The fraction of sp³-hybridized carbons (Fsp3) is 0.500. The van der Waals surface area contributed by atoms with Gasteiger partial charge in [0.25, 0.3) is 0 Å². The lowest BCUT2D eigenvalue weighted by atomic mass is 9.85. The molecule has 0 radical (unpaired) electrons. The normalized spacial score (nSPS) is 16.2. The van der Waals surface area contributed by atoms with Crippen molar-refractivity contribution in [3.05, 3.63) is 42.6 Å². The maximum atomic E-state index is 4.76. The highest BCUT2D eigenvalue weighted by Gasteiger charge is 2.15. The Bertz CT molecular complexity index is 752. The van der Waals surface area contributed by atoms with Gasteiger partial charge >= 0.3 is 0 Å². The van der Waals surface area contributed by atoms with Gasteiger partial charge in [-0.05, 0) is 30.5 Å². The number of hydrogen-bond acceptors (Lipinski definition) is 1. The van der Waals surface area contributed by atoms with Crippen LogP contribution in [0.1, 0.15) is 57.8 Å². The van der Waals surface area contributed by atoms with E-state index in [4.69, 9.17) is 4.98 Å². The first-order valence-corrected chi connectivity index (χ1v) is 9.75. The maximum Gasteiger partial charge on any atom is 0.0881 e. The van der Waals surface area contributed by atoms with Gasteiger partial charge in [0.1, 0.15) is 0 Å². The molecule has 24 heavy (non-hydrogen) atoms. The van der Waals surface area contributed by atoms with Crippen molar-refractivity contribution in [1.82, 2.24) is 9.55 Å². The number of nitrogens with zero attached hydrogens (tertiary/aromatic N) is 2. The van der Waals surface area contributed by atoms with Crippen LogP contribution in [0.3, 0.4) is 0 Å². The number of aryl methyl sites for hydroxylation is 1. The highest BCUT2D eigenvalue weighted by atomic mass is 15.0. The Labute approximate surface area is 145 Å². The summed E-state index contributed by atoms with van der Waals surface area (Å²) in [6.45, 7) is 1.11. The van der Waals surface area contributed by atoms with Crippen LogP contribution in [0.4, 0.5) is 0 Å². The molecule has 0 unspecified atom stereocenters. The Morgan fingerprint density at radius 1 is 0.917 bits per heavy atom. The van der Waals surface area contributed by atoms with E-state index in [0.29, 0.717) is 0 Å². The van der Waals surface area contributed by atoms with Gasteiger partial charge in [-0.25, -0.2) is 4.98 Å². The minimum absolute atomic E-state index is 1.03. The predicted octanol–water partition coefficient (Wildman–Crippen LogP) is 6.28. The van der Waals surface area contributed by atoms with E-state index in [1.807, 2.05) is 0 Å². The molecule has 0 spiro atoms. The quantitative estimate of drug-likeness (QED) is 0.489. The van der Waals surface area contributed by atoms with Gasteiger partial charge in [-0.15, -0.1) is 0 Å². The predicted molar refractivity (Wildman–Crippen MR) is 101 cm³/mol. The second-order valence-corrected chi connectivity index (χ2v) is 7.42. The number of rotatable bonds is 6. The first-order chi connectivity index (χ1) is 11.9. The van der Waals surface area contributed by atoms with Crippen LogP contribution in [0, 0.1) is 5.92 Å². The second kappa shape index (κ2) is 7.38. The molecule has 0 aromatic heterocycles. The summed E-state index contributed by atoms with van der Waals surface area (Å²) in [6.07, 6.45) is 15.1. The minimum Gasteiger partial charge on any atom is -0.346 e. The standard InChI is InChI=1S/C22H28N2/c1-3-10-18(11-4-1)12-5-2-8-16-24-17-9-15-21-22(24)19-13-6-7-14-20(19)23-21/h6-7,9,13-15,17-18H,1-5,8,10-12,16H2. The van der Waals surface area contributed by atoms with Crippen molar-refractivity contribution in [3.8, 4) is 11.4 Å². The van der Waals surface area contributed by atoms with Crippen molar-refractivity contribution >= 4 is 10.9 Å². The van der Waals surface area contributed by atoms with E-state index >= 15 is 0 Å². The van der Waals surface area contributed by atoms with E-state index in [1.54, 1.807) is 0 Å². The highest BCUT2D eigenvalue weighted by molar-refractivity contribution is 5.95. The average molecular weight is 320 g/mol. The van der Waals surface area contributed by atoms with Crippen molar-refractivity contribution in [2.45, 2.75) is 64.3 Å². The van der Waals surface area contributed by atoms with Gasteiger partial charge in [0, 0.05) is 18.1 Å². The Balaban J connectivity index is 1.36. The molecular weight excluding hydrogens is 292 g/mol. The minimum atomic E-state index is 1.03. The number of pyridine rings is 1. The smallest absolute Gasteiger partial charge is 0.0881 e. The fourth-order valence-electron chi connectivity index (χ4n) is 4.38. The molecule has 2 heterocycles. The molecule has 1 aliphatic carbocycles. The fourth-order valence-corrected chi connectivity index (χ4v) is 4.38. The van der Waals surface area contributed by atoms with E-state index < -0.39 is 0 Å². The molecule has 4 rings (SSSR count). The molecule has 0 amide bonds. The Morgan fingerprint density at radius 3 is 2.71 bits per heavy atom. The van der Waals surface area contributed by atoms with Crippen molar-refractivity contribution in [2.75, 3.05) is 0 Å². The lowest BCUT2D eigenvalue weighted by Crippen LogP contribution is -2.06. The second-order valence-electron chi connectivity index (χ2n) is 7.42. The zero-order valence-corrected chi connectivity index (χ0v) is 14.6. The van der Waals surface area contributed by atoms with Gasteiger partial charge in [-0.3, -0.25) is 0 Å². The van der Waals surface area contributed by atoms with Crippen LogP contribution in [-0.4, -0.2) is 9.55 Å². The number of unbranched alkanes of at least 4 members (excludes halogenated alkanes) is 2. The molecule has 0 saturated heterocycles. The van der Waals surface area contributed by atoms with Crippen LogP contribution in [0.2, 0.25) is 0 Å². The number of hydrogen-bond donors (Lipinski definition) is 0. The van der Waals surface area contributed by atoms with Gasteiger partial charge in [0.05, 0.1) is 16.9 Å². The molecule has 1 aromatic carbocycles. The maximum absolute atomic E-state index is 4.76. The summed E-state index contributed by atoms with van der Waals surface area (Å²) in [4.78, 5) is 4.76.